The van der Waals surface area contributed by atoms with Gasteiger partial charge in [-0.2, -0.15) is 0 Å². The Morgan fingerprint density at radius 1 is 1.53 bits per heavy atom. The molecule has 0 atom stereocenters. The number of anilines is 1. The quantitative estimate of drug-likeness (QED) is 0.782. The summed E-state index contributed by atoms with van der Waals surface area (Å²) >= 11 is 1.48. The first-order valence-corrected chi connectivity index (χ1v) is 7.20. The van der Waals surface area contributed by atoms with Crippen LogP contribution < -0.4 is 10.0 Å². The zero-order valence-electron chi connectivity index (χ0n) is 8.78. The molecule has 0 aliphatic carbocycles. The number of rotatable bonds is 6. The van der Waals surface area contributed by atoms with Gasteiger partial charge in [-0.05, 0) is 6.92 Å². The second-order valence-electron chi connectivity index (χ2n) is 3.04. The smallest absolute Gasteiger partial charge is 0.213 e. The van der Waals surface area contributed by atoms with Gasteiger partial charge in [0.2, 0.25) is 10.0 Å². The van der Waals surface area contributed by atoms with Gasteiger partial charge in [0.15, 0.2) is 5.13 Å². The van der Waals surface area contributed by atoms with Crippen LogP contribution in [0, 0.1) is 6.92 Å². The number of nitrogens with zero attached hydrogens (tertiary/aromatic N) is 1. The predicted octanol–water partition coefficient (Wildman–Crippen LogP) is 0.803. The third-order valence-corrected chi connectivity index (χ3v) is 4.02. The lowest BCUT2D eigenvalue weighted by atomic mass is 10.6. The van der Waals surface area contributed by atoms with Gasteiger partial charge in [0.05, 0.1) is 11.4 Å². The van der Waals surface area contributed by atoms with Crippen molar-refractivity contribution in [3.8, 4) is 0 Å². The fraction of sp³-hybridized carbons (Fsp3) is 0.625. The molecular formula is C8H15N3O2S2. The maximum atomic E-state index is 11.3. The Bertz CT molecular complexity index is 400. The normalized spacial score (nSPS) is 11.6. The molecule has 1 rings (SSSR count). The van der Waals surface area contributed by atoms with Crippen LogP contribution in [-0.4, -0.2) is 32.2 Å². The van der Waals surface area contributed by atoms with E-state index >= 15 is 0 Å². The van der Waals surface area contributed by atoms with Gasteiger partial charge in [-0.15, -0.1) is 11.3 Å². The van der Waals surface area contributed by atoms with Crippen LogP contribution in [0.1, 0.15) is 12.6 Å². The van der Waals surface area contributed by atoms with Crippen LogP contribution >= 0.6 is 11.3 Å². The van der Waals surface area contributed by atoms with Crippen LogP contribution in [-0.2, 0) is 10.0 Å². The van der Waals surface area contributed by atoms with Crippen molar-refractivity contribution in [2.75, 3.05) is 24.2 Å². The van der Waals surface area contributed by atoms with E-state index in [1.54, 1.807) is 6.92 Å². The molecule has 0 aromatic carbocycles. The van der Waals surface area contributed by atoms with Crippen molar-refractivity contribution in [2.24, 2.45) is 0 Å². The molecule has 0 bridgehead atoms. The SMILES string of the molecule is CCNS(=O)(=O)CCNc1nc(C)cs1. The largest absolute Gasteiger partial charge is 0.360 e. The fourth-order valence-electron chi connectivity index (χ4n) is 1.02. The summed E-state index contributed by atoms with van der Waals surface area (Å²) in [7, 11) is -3.13. The van der Waals surface area contributed by atoms with Gasteiger partial charge in [-0.25, -0.2) is 18.1 Å². The maximum Gasteiger partial charge on any atom is 0.213 e. The zero-order chi connectivity index (χ0) is 11.3. The third kappa shape index (κ3) is 4.59. The van der Waals surface area contributed by atoms with Crippen molar-refractivity contribution in [1.82, 2.24) is 9.71 Å². The lowest BCUT2D eigenvalue weighted by Crippen LogP contribution is -2.29. The molecule has 0 spiro atoms. The molecule has 0 aliphatic rings. The lowest BCUT2D eigenvalue weighted by molar-refractivity contribution is 0.584. The molecule has 0 saturated heterocycles. The number of aryl methyl sites for hydroxylation is 1. The first-order chi connectivity index (χ1) is 7.03. The Morgan fingerprint density at radius 2 is 2.27 bits per heavy atom. The van der Waals surface area contributed by atoms with E-state index in [4.69, 9.17) is 0 Å². The van der Waals surface area contributed by atoms with Gasteiger partial charge in [-0.1, -0.05) is 6.92 Å². The van der Waals surface area contributed by atoms with E-state index in [0.29, 0.717) is 13.1 Å². The summed E-state index contributed by atoms with van der Waals surface area (Å²) in [6.07, 6.45) is 0. The Morgan fingerprint density at radius 3 is 2.80 bits per heavy atom. The minimum absolute atomic E-state index is 0.0689. The van der Waals surface area contributed by atoms with Crippen molar-refractivity contribution >= 4 is 26.5 Å². The minimum Gasteiger partial charge on any atom is -0.360 e. The lowest BCUT2D eigenvalue weighted by Gasteiger charge is -2.04. The molecule has 86 valence electrons. The predicted molar refractivity (Wildman–Crippen MR) is 62.8 cm³/mol. The number of hydrogen-bond donors (Lipinski definition) is 2. The molecule has 0 saturated carbocycles. The molecule has 0 fully saturated rings. The van der Waals surface area contributed by atoms with Crippen molar-refractivity contribution in [1.29, 1.82) is 0 Å². The molecule has 1 aromatic rings. The average molecular weight is 249 g/mol. The second kappa shape index (κ2) is 5.43. The zero-order valence-corrected chi connectivity index (χ0v) is 10.4. The molecule has 1 heterocycles. The summed E-state index contributed by atoms with van der Waals surface area (Å²) < 4.78 is 24.9. The molecule has 0 unspecified atom stereocenters. The van der Waals surface area contributed by atoms with Crippen LogP contribution in [0.2, 0.25) is 0 Å². The summed E-state index contributed by atoms with van der Waals surface area (Å²) in [5.41, 5.74) is 0.942. The monoisotopic (exact) mass is 249 g/mol. The summed E-state index contributed by atoms with van der Waals surface area (Å²) in [5.74, 6) is 0.0689. The van der Waals surface area contributed by atoms with Crippen molar-refractivity contribution in [3.63, 3.8) is 0 Å². The topological polar surface area (TPSA) is 71.1 Å². The van der Waals surface area contributed by atoms with Gasteiger partial charge in [0, 0.05) is 18.5 Å². The van der Waals surface area contributed by atoms with Crippen molar-refractivity contribution < 1.29 is 8.42 Å². The van der Waals surface area contributed by atoms with Crippen LogP contribution in [0.25, 0.3) is 0 Å². The Balaban J connectivity index is 2.33. The van der Waals surface area contributed by atoms with Gasteiger partial charge >= 0.3 is 0 Å². The highest BCUT2D eigenvalue weighted by molar-refractivity contribution is 7.89. The van der Waals surface area contributed by atoms with Gasteiger partial charge in [0.25, 0.3) is 0 Å². The van der Waals surface area contributed by atoms with E-state index in [0.717, 1.165) is 10.8 Å². The molecule has 2 N–H and O–H groups in total. The Hall–Kier alpha value is -0.660. The van der Waals surface area contributed by atoms with Crippen LogP contribution in [0.3, 0.4) is 0 Å². The van der Waals surface area contributed by atoms with E-state index in [2.05, 4.69) is 15.0 Å². The van der Waals surface area contributed by atoms with E-state index in [1.165, 1.54) is 11.3 Å². The molecule has 5 nitrogen and oxygen atoms in total. The summed E-state index contributed by atoms with van der Waals surface area (Å²) in [6.45, 7) is 4.47. The number of nitrogens with one attached hydrogen (secondary N) is 2. The van der Waals surface area contributed by atoms with E-state index < -0.39 is 10.0 Å². The summed E-state index contributed by atoms with van der Waals surface area (Å²) in [4.78, 5) is 4.17. The maximum absolute atomic E-state index is 11.3. The average Bonchev–Trinajstić information content (AvgIpc) is 2.51. The first kappa shape index (κ1) is 12.4. The van der Waals surface area contributed by atoms with Crippen LogP contribution in [0.4, 0.5) is 5.13 Å². The fourth-order valence-corrected chi connectivity index (χ4v) is 2.69. The molecule has 0 amide bonds. The minimum atomic E-state index is -3.13. The number of sulfonamides is 1. The van der Waals surface area contributed by atoms with E-state index in [9.17, 15) is 8.42 Å². The molecule has 0 radical (unpaired) electrons. The summed E-state index contributed by atoms with van der Waals surface area (Å²) in [5, 5.41) is 5.65. The second-order valence-corrected chi connectivity index (χ2v) is 5.82. The molecule has 0 aliphatic heterocycles. The van der Waals surface area contributed by atoms with Crippen LogP contribution in [0.15, 0.2) is 5.38 Å². The molecular weight excluding hydrogens is 234 g/mol. The molecule has 7 heteroatoms. The van der Waals surface area contributed by atoms with Gasteiger partial charge in [-0.3, -0.25) is 0 Å². The van der Waals surface area contributed by atoms with Crippen molar-refractivity contribution in [2.45, 2.75) is 13.8 Å². The standard InChI is InChI=1S/C8H15N3O2S2/c1-3-10-15(12,13)5-4-9-8-11-7(2)6-14-8/h6,10H,3-5H2,1-2H3,(H,9,11). The highest BCUT2D eigenvalue weighted by Crippen LogP contribution is 2.13. The van der Waals surface area contributed by atoms with Gasteiger partial charge < -0.3 is 5.32 Å². The number of thiazole rings is 1. The Labute approximate surface area is 94.0 Å². The highest BCUT2D eigenvalue weighted by atomic mass is 32.2. The van der Waals surface area contributed by atoms with Gasteiger partial charge in [0.1, 0.15) is 0 Å². The number of aromatic nitrogens is 1. The first-order valence-electron chi connectivity index (χ1n) is 4.67. The Kier molecular flexibility index (Phi) is 4.49. The van der Waals surface area contributed by atoms with Crippen LogP contribution in [0.5, 0.6) is 0 Å². The highest BCUT2D eigenvalue weighted by Gasteiger charge is 2.07. The number of hydrogen-bond acceptors (Lipinski definition) is 5. The molecule has 15 heavy (non-hydrogen) atoms. The third-order valence-electron chi connectivity index (χ3n) is 1.63. The molecule has 1 aromatic heterocycles. The van der Waals surface area contributed by atoms with E-state index in [1.807, 2.05) is 12.3 Å². The summed E-state index contributed by atoms with van der Waals surface area (Å²) in [6, 6.07) is 0. The van der Waals surface area contributed by atoms with Crippen molar-refractivity contribution in [3.05, 3.63) is 11.1 Å². The van der Waals surface area contributed by atoms with E-state index in [-0.39, 0.29) is 5.75 Å².